The minimum Gasteiger partial charge on any atom is -0.314 e. The summed E-state index contributed by atoms with van der Waals surface area (Å²) < 4.78 is 36.9. The van der Waals surface area contributed by atoms with E-state index in [1.165, 1.54) is 23.1 Å². The standard InChI is InChI=1S/C13H11FN2O3S/c14-10-3-1-2-9-11(6-15)16(13(17)12(9)10)8-4-5-20(18,19)7-8/h1-3,8,11H,4-5,7H2. The first-order chi connectivity index (χ1) is 9.44. The summed E-state index contributed by atoms with van der Waals surface area (Å²) in [5, 5.41) is 9.27. The second-order valence-electron chi connectivity index (χ2n) is 5.00. The summed E-state index contributed by atoms with van der Waals surface area (Å²) in [7, 11) is -3.18. The molecule has 2 heterocycles. The lowest BCUT2D eigenvalue weighted by molar-refractivity contribution is 0.0691. The third-order valence-corrected chi connectivity index (χ3v) is 5.54. The first-order valence-corrected chi connectivity index (χ1v) is 7.98. The van der Waals surface area contributed by atoms with Crippen molar-refractivity contribution < 1.29 is 17.6 Å². The van der Waals surface area contributed by atoms with E-state index in [0.717, 1.165) is 0 Å². The summed E-state index contributed by atoms with van der Waals surface area (Å²) >= 11 is 0. The number of amides is 1. The normalized spacial score (nSPS) is 27.4. The molecule has 0 aliphatic carbocycles. The highest BCUT2D eigenvalue weighted by molar-refractivity contribution is 7.91. The van der Waals surface area contributed by atoms with Crippen LogP contribution in [0.2, 0.25) is 0 Å². The van der Waals surface area contributed by atoms with Crippen LogP contribution in [0, 0.1) is 17.1 Å². The molecule has 0 spiro atoms. The lowest BCUT2D eigenvalue weighted by Gasteiger charge is -2.26. The van der Waals surface area contributed by atoms with Crippen LogP contribution >= 0.6 is 0 Å². The fourth-order valence-electron chi connectivity index (χ4n) is 2.89. The molecule has 0 aromatic heterocycles. The number of rotatable bonds is 1. The second-order valence-corrected chi connectivity index (χ2v) is 7.23. The largest absolute Gasteiger partial charge is 0.314 e. The smallest absolute Gasteiger partial charge is 0.258 e. The highest BCUT2D eigenvalue weighted by atomic mass is 32.2. The van der Waals surface area contributed by atoms with Crippen LogP contribution in [-0.2, 0) is 9.84 Å². The number of fused-ring (bicyclic) bond motifs is 1. The summed E-state index contributed by atoms with van der Waals surface area (Å²) in [5.74, 6) is -1.42. The van der Waals surface area contributed by atoms with Crippen molar-refractivity contribution >= 4 is 15.7 Å². The zero-order valence-electron chi connectivity index (χ0n) is 10.4. The topological polar surface area (TPSA) is 78.2 Å². The van der Waals surface area contributed by atoms with Gasteiger partial charge in [-0.05, 0) is 12.5 Å². The molecule has 1 aromatic rings. The lowest BCUT2D eigenvalue weighted by atomic mass is 10.1. The summed E-state index contributed by atoms with van der Waals surface area (Å²) in [6, 6.07) is 4.66. The maximum atomic E-state index is 13.8. The number of nitrogens with zero attached hydrogens (tertiary/aromatic N) is 2. The minimum atomic E-state index is -3.18. The van der Waals surface area contributed by atoms with E-state index in [-0.39, 0.29) is 17.1 Å². The van der Waals surface area contributed by atoms with Crippen molar-refractivity contribution in [3.8, 4) is 6.07 Å². The fourth-order valence-corrected chi connectivity index (χ4v) is 4.61. The molecule has 104 valence electrons. The van der Waals surface area contributed by atoms with Gasteiger partial charge in [-0.3, -0.25) is 4.79 Å². The second kappa shape index (κ2) is 4.28. The van der Waals surface area contributed by atoms with Crippen molar-refractivity contribution in [2.24, 2.45) is 0 Å². The zero-order valence-corrected chi connectivity index (χ0v) is 11.2. The van der Waals surface area contributed by atoms with E-state index in [2.05, 4.69) is 0 Å². The van der Waals surface area contributed by atoms with Crippen LogP contribution in [0.1, 0.15) is 28.4 Å². The average molecular weight is 294 g/mol. The number of carbonyl (C=O) groups excluding carboxylic acids is 1. The van der Waals surface area contributed by atoms with Crippen molar-refractivity contribution in [1.29, 1.82) is 5.26 Å². The Balaban J connectivity index is 2.05. The molecule has 0 bridgehead atoms. The van der Waals surface area contributed by atoms with Crippen LogP contribution in [-0.4, -0.2) is 36.8 Å². The summed E-state index contributed by atoms with van der Waals surface area (Å²) in [4.78, 5) is 13.5. The molecular weight excluding hydrogens is 283 g/mol. The van der Waals surface area contributed by atoms with Gasteiger partial charge in [0.1, 0.15) is 11.9 Å². The van der Waals surface area contributed by atoms with E-state index in [1.807, 2.05) is 6.07 Å². The number of nitriles is 1. The van der Waals surface area contributed by atoms with E-state index >= 15 is 0 Å². The van der Waals surface area contributed by atoms with Gasteiger partial charge in [0, 0.05) is 11.6 Å². The molecule has 0 radical (unpaired) electrons. The van der Waals surface area contributed by atoms with Crippen LogP contribution in [0.3, 0.4) is 0 Å². The summed E-state index contributed by atoms with van der Waals surface area (Å²) in [6.07, 6.45) is 0.294. The number of sulfone groups is 1. The molecule has 0 N–H and O–H groups in total. The molecule has 20 heavy (non-hydrogen) atoms. The molecular formula is C13H11FN2O3S. The third-order valence-electron chi connectivity index (χ3n) is 3.79. The molecule has 0 saturated carbocycles. The third kappa shape index (κ3) is 1.79. The molecule has 3 rings (SSSR count). The van der Waals surface area contributed by atoms with Crippen molar-refractivity contribution in [2.45, 2.75) is 18.5 Å². The Hall–Kier alpha value is -1.94. The average Bonchev–Trinajstić information content (AvgIpc) is 2.88. The summed E-state index contributed by atoms with van der Waals surface area (Å²) in [5.41, 5.74) is 0.213. The first kappa shape index (κ1) is 13.1. The maximum absolute atomic E-state index is 13.8. The van der Waals surface area contributed by atoms with E-state index < -0.39 is 33.6 Å². The first-order valence-electron chi connectivity index (χ1n) is 6.16. The molecule has 1 saturated heterocycles. The lowest BCUT2D eigenvalue weighted by Crippen LogP contribution is -2.38. The highest BCUT2D eigenvalue weighted by Crippen LogP contribution is 2.38. The van der Waals surface area contributed by atoms with Gasteiger partial charge >= 0.3 is 0 Å². The molecule has 1 fully saturated rings. The molecule has 7 heteroatoms. The fraction of sp³-hybridized carbons (Fsp3) is 0.385. The molecule has 1 amide bonds. The molecule has 2 atom stereocenters. The van der Waals surface area contributed by atoms with E-state index in [1.54, 1.807) is 0 Å². The zero-order chi connectivity index (χ0) is 14.5. The van der Waals surface area contributed by atoms with Gasteiger partial charge in [-0.1, -0.05) is 12.1 Å². The van der Waals surface area contributed by atoms with Gasteiger partial charge in [0.2, 0.25) is 0 Å². The van der Waals surface area contributed by atoms with Gasteiger partial charge in [-0.15, -0.1) is 0 Å². The molecule has 5 nitrogen and oxygen atoms in total. The molecule has 2 aliphatic rings. The Morgan fingerprint density at radius 1 is 1.40 bits per heavy atom. The Morgan fingerprint density at radius 2 is 2.15 bits per heavy atom. The Bertz CT molecular complexity index is 738. The Kier molecular flexibility index (Phi) is 2.80. The van der Waals surface area contributed by atoms with Gasteiger partial charge in [-0.25, -0.2) is 12.8 Å². The van der Waals surface area contributed by atoms with Gasteiger partial charge in [0.05, 0.1) is 23.1 Å². The van der Waals surface area contributed by atoms with E-state index in [0.29, 0.717) is 12.0 Å². The minimum absolute atomic E-state index is 0.00156. The summed E-state index contributed by atoms with van der Waals surface area (Å²) in [6.45, 7) is 0. The van der Waals surface area contributed by atoms with Crippen LogP contribution in [0.15, 0.2) is 18.2 Å². The van der Waals surface area contributed by atoms with Crippen molar-refractivity contribution in [1.82, 2.24) is 4.90 Å². The monoisotopic (exact) mass is 294 g/mol. The van der Waals surface area contributed by atoms with Gasteiger partial charge in [-0.2, -0.15) is 5.26 Å². The van der Waals surface area contributed by atoms with Crippen LogP contribution in [0.5, 0.6) is 0 Å². The van der Waals surface area contributed by atoms with Crippen LogP contribution < -0.4 is 0 Å². The predicted octanol–water partition coefficient (Wildman–Crippen LogP) is 1.03. The Labute approximate surface area is 115 Å². The SMILES string of the molecule is N#CC1c2cccc(F)c2C(=O)N1C1CCS(=O)(=O)C1. The quantitative estimate of drug-likeness (QED) is 0.775. The van der Waals surface area contributed by atoms with Crippen LogP contribution in [0.25, 0.3) is 0 Å². The van der Waals surface area contributed by atoms with Crippen molar-refractivity contribution in [3.05, 3.63) is 35.1 Å². The van der Waals surface area contributed by atoms with Gasteiger partial charge < -0.3 is 4.90 Å². The van der Waals surface area contributed by atoms with Gasteiger partial charge in [0.15, 0.2) is 9.84 Å². The highest BCUT2D eigenvalue weighted by Gasteiger charge is 2.45. The Morgan fingerprint density at radius 3 is 2.75 bits per heavy atom. The van der Waals surface area contributed by atoms with Crippen molar-refractivity contribution in [3.63, 3.8) is 0 Å². The van der Waals surface area contributed by atoms with Crippen molar-refractivity contribution in [2.75, 3.05) is 11.5 Å². The number of carbonyl (C=O) groups is 1. The molecule has 2 aliphatic heterocycles. The number of hydrogen-bond donors (Lipinski definition) is 0. The predicted molar refractivity (Wildman–Crippen MR) is 68.0 cm³/mol. The van der Waals surface area contributed by atoms with Crippen LogP contribution in [0.4, 0.5) is 4.39 Å². The molecule has 2 unspecified atom stereocenters. The number of halogens is 1. The maximum Gasteiger partial charge on any atom is 0.258 e. The van der Waals surface area contributed by atoms with Gasteiger partial charge in [0.25, 0.3) is 5.91 Å². The number of hydrogen-bond acceptors (Lipinski definition) is 4. The van der Waals surface area contributed by atoms with E-state index in [4.69, 9.17) is 0 Å². The molecule has 1 aromatic carbocycles. The van der Waals surface area contributed by atoms with E-state index in [9.17, 15) is 22.9 Å². The number of benzene rings is 1.